The van der Waals surface area contributed by atoms with Crippen molar-refractivity contribution in [3.63, 3.8) is 0 Å². The van der Waals surface area contributed by atoms with Gasteiger partial charge in [0.05, 0.1) is 18.4 Å². The maximum Gasteiger partial charge on any atom is 0.340 e. The van der Waals surface area contributed by atoms with Crippen LogP contribution in [0, 0.1) is 5.92 Å². The third-order valence-corrected chi connectivity index (χ3v) is 5.81. The molecule has 1 aromatic heterocycles. The number of tetrazole rings is 1. The highest BCUT2D eigenvalue weighted by molar-refractivity contribution is 5.93. The number of esters is 1. The minimum atomic E-state index is -0.686. The number of amides is 1. The molecule has 0 unspecified atom stereocenters. The number of benzene rings is 1. The van der Waals surface area contributed by atoms with Crippen molar-refractivity contribution in [2.24, 2.45) is 5.92 Å². The fourth-order valence-electron chi connectivity index (χ4n) is 3.99. The topological polar surface area (TPSA) is 99.4 Å². The molecule has 0 radical (unpaired) electrons. The number of rotatable bonds is 6. The lowest BCUT2D eigenvalue weighted by molar-refractivity contribution is -0.142. The molecule has 156 valence electrons. The molecule has 0 N–H and O–H groups in total. The Morgan fingerprint density at radius 1 is 1.24 bits per heavy atom. The molecular formula is C20H27N5O4. The van der Waals surface area contributed by atoms with E-state index in [9.17, 15) is 9.59 Å². The summed E-state index contributed by atoms with van der Waals surface area (Å²) in [5.41, 5.74) is 0.188. The summed E-state index contributed by atoms with van der Waals surface area (Å²) in [4.78, 5) is 26.7. The molecule has 0 aliphatic heterocycles. The number of aromatic nitrogens is 4. The number of para-hydroxylation sites is 1. The zero-order valence-electron chi connectivity index (χ0n) is 17.3. The van der Waals surface area contributed by atoms with Crippen molar-refractivity contribution < 1.29 is 19.1 Å². The molecule has 0 atom stereocenters. The van der Waals surface area contributed by atoms with Gasteiger partial charge in [-0.15, -0.1) is 5.10 Å². The van der Waals surface area contributed by atoms with E-state index in [1.165, 1.54) is 14.2 Å². The molecular weight excluding hydrogens is 374 g/mol. The van der Waals surface area contributed by atoms with E-state index in [1.807, 2.05) is 6.07 Å². The smallest absolute Gasteiger partial charge is 0.340 e. The van der Waals surface area contributed by atoms with Crippen LogP contribution in [0.3, 0.4) is 0 Å². The Labute approximate surface area is 170 Å². The molecule has 2 aromatic rings. The van der Waals surface area contributed by atoms with Crippen LogP contribution in [-0.4, -0.2) is 64.9 Å². The largest absolute Gasteiger partial charge is 0.465 e. The number of methoxy groups -OCH3 is 2. The first-order valence-corrected chi connectivity index (χ1v) is 9.66. The number of nitrogens with zero attached hydrogens (tertiary/aromatic N) is 5. The average molecular weight is 401 g/mol. The molecule has 3 rings (SSSR count). The van der Waals surface area contributed by atoms with Gasteiger partial charge in [0.1, 0.15) is 12.1 Å². The van der Waals surface area contributed by atoms with Gasteiger partial charge < -0.3 is 14.4 Å². The lowest BCUT2D eigenvalue weighted by atomic mass is 9.75. The first-order chi connectivity index (χ1) is 13.9. The summed E-state index contributed by atoms with van der Waals surface area (Å²) in [6.07, 6.45) is 3.33. The summed E-state index contributed by atoms with van der Waals surface area (Å²) < 4.78 is 11.5. The number of hydrogen-bond acceptors (Lipinski definition) is 7. The normalized spacial score (nSPS) is 21.6. The van der Waals surface area contributed by atoms with Gasteiger partial charge in [0, 0.05) is 14.2 Å². The molecule has 0 bridgehead atoms. The highest BCUT2D eigenvalue weighted by Crippen LogP contribution is 2.43. The Bertz CT molecular complexity index is 873. The highest BCUT2D eigenvalue weighted by Gasteiger charge is 2.46. The van der Waals surface area contributed by atoms with Gasteiger partial charge in [-0.25, -0.2) is 4.79 Å². The number of ether oxygens (including phenoxy) is 2. The Morgan fingerprint density at radius 3 is 2.59 bits per heavy atom. The molecule has 1 heterocycles. The van der Waals surface area contributed by atoms with Crippen LogP contribution >= 0.6 is 0 Å². The van der Waals surface area contributed by atoms with Crippen LogP contribution in [-0.2, 0) is 19.8 Å². The fraction of sp³-hybridized carbons (Fsp3) is 0.550. The molecule has 1 aromatic carbocycles. The molecule has 1 saturated carbocycles. The van der Waals surface area contributed by atoms with E-state index in [4.69, 9.17) is 9.47 Å². The number of carbonyl (C=O) groups excluding carboxylic acids is 2. The molecule has 1 amide bonds. The van der Waals surface area contributed by atoms with Gasteiger partial charge in [-0.2, -0.15) is 4.68 Å². The number of carbonyl (C=O) groups is 2. The summed E-state index contributed by atoms with van der Waals surface area (Å²) in [6, 6.07) is 7.00. The van der Waals surface area contributed by atoms with E-state index in [1.54, 1.807) is 34.8 Å². The third-order valence-electron chi connectivity index (χ3n) is 5.81. The van der Waals surface area contributed by atoms with Crippen molar-refractivity contribution >= 4 is 11.9 Å². The Balaban J connectivity index is 2.13. The van der Waals surface area contributed by atoms with Gasteiger partial charge in [-0.3, -0.25) is 4.79 Å². The van der Waals surface area contributed by atoms with Crippen molar-refractivity contribution in [1.82, 2.24) is 25.1 Å². The summed E-state index contributed by atoms with van der Waals surface area (Å²) in [7, 11) is 4.60. The second kappa shape index (κ2) is 8.69. The summed E-state index contributed by atoms with van der Waals surface area (Å²) in [5, 5.41) is 12.4. The second-order valence-electron chi connectivity index (χ2n) is 7.52. The van der Waals surface area contributed by atoms with Crippen molar-refractivity contribution in [1.29, 1.82) is 0 Å². The van der Waals surface area contributed by atoms with Gasteiger partial charge >= 0.3 is 5.97 Å². The summed E-state index contributed by atoms with van der Waals surface area (Å²) >= 11 is 0. The van der Waals surface area contributed by atoms with Crippen LogP contribution in [0.5, 0.6) is 0 Å². The maximum atomic E-state index is 12.7. The van der Waals surface area contributed by atoms with Gasteiger partial charge in [-0.05, 0) is 54.2 Å². The molecule has 1 fully saturated rings. The molecule has 1 aliphatic rings. The van der Waals surface area contributed by atoms with Crippen molar-refractivity contribution in [2.45, 2.75) is 38.1 Å². The number of hydrogen-bond donors (Lipinski definition) is 0. The summed E-state index contributed by atoms with van der Waals surface area (Å²) in [6.45, 7) is 2.19. The molecule has 29 heavy (non-hydrogen) atoms. The van der Waals surface area contributed by atoms with Crippen molar-refractivity contribution in [3.05, 3.63) is 35.7 Å². The van der Waals surface area contributed by atoms with Crippen LogP contribution < -0.4 is 0 Å². The average Bonchev–Trinajstić information content (AvgIpc) is 3.24. The molecule has 1 aliphatic carbocycles. The van der Waals surface area contributed by atoms with Gasteiger partial charge in [0.15, 0.2) is 5.82 Å². The Hall–Kier alpha value is -2.81. The molecule has 9 heteroatoms. The summed E-state index contributed by atoms with van der Waals surface area (Å²) in [5.74, 6) is 0.475. The van der Waals surface area contributed by atoms with Gasteiger partial charge in [-0.1, -0.05) is 19.1 Å². The van der Waals surface area contributed by atoms with Crippen molar-refractivity contribution in [2.75, 3.05) is 27.9 Å². The van der Waals surface area contributed by atoms with Crippen LogP contribution in [0.25, 0.3) is 5.69 Å². The maximum absolute atomic E-state index is 12.7. The van der Waals surface area contributed by atoms with E-state index in [0.717, 1.165) is 25.7 Å². The van der Waals surface area contributed by atoms with E-state index < -0.39 is 11.5 Å². The Kier molecular flexibility index (Phi) is 6.26. The van der Waals surface area contributed by atoms with E-state index in [2.05, 4.69) is 22.4 Å². The first kappa shape index (κ1) is 20.9. The van der Waals surface area contributed by atoms with Crippen LogP contribution in [0.2, 0.25) is 0 Å². The third kappa shape index (κ3) is 3.87. The molecule has 9 nitrogen and oxygen atoms in total. The van der Waals surface area contributed by atoms with Crippen LogP contribution in [0.4, 0.5) is 0 Å². The Morgan fingerprint density at radius 2 is 1.93 bits per heavy atom. The quantitative estimate of drug-likeness (QED) is 0.682. The van der Waals surface area contributed by atoms with Crippen LogP contribution in [0.1, 0.15) is 48.8 Å². The zero-order valence-corrected chi connectivity index (χ0v) is 17.3. The van der Waals surface area contributed by atoms with E-state index in [0.29, 0.717) is 23.0 Å². The monoisotopic (exact) mass is 401 g/mol. The lowest BCUT2D eigenvalue weighted by Crippen LogP contribution is -2.51. The fourth-order valence-corrected chi connectivity index (χ4v) is 3.99. The standard InChI is InChI=1S/C20H27N5O4/c1-14-9-11-20(12-10-14,24(2)17(26)13-28-3)19-21-22-23-25(19)16-8-6-5-7-15(16)18(27)29-4/h5-8,14H,9-13H2,1-4H3. The van der Waals surface area contributed by atoms with Crippen LogP contribution in [0.15, 0.2) is 24.3 Å². The predicted molar refractivity (Wildman–Crippen MR) is 104 cm³/mol. The van der Waals surface area contributed by atoms with Crippen molar-refractivity contribution in [3.8, 4) is 5.69 Å². The second-order valence-corrected chi connectivity index (χ2v) is 7.52. The SMILES string of the molecule is COCC(=O)N(C)C1(c2nnnn2-c2ccccc2C(=O)OC)CCC(C)CC1. The van der Waals surface area contributed by atoms with E-state index in [-0.39, 0.29) is 12.5 Å². The minimum absolute atomic E-state index is 0.0197. The highest BCUT2D eigenvalue weighted by atomic mass is 16.5. The van der Waals surface area contributed by atoms with Gasteiger partial charge in [0.2, 0.25) is 5.91 Å². The molecule has 0 spiro atoms. The minimum Gasteiger partial charge on any atom is -0.465 e. The van der Waals surface area contributed by atoms with Gasteiger partial charge in [0.25, 0.3) is 0 Å². The van der Waals surface area contributed by atoms with E-state index >= 15 is 0 Å². The lowest BCUT2D eigenvalue weighted by Gasteiger charge is -2.44. The first-order valence-electron chi connectivity index (χ1n) is 9.66. The number of likely N-dealkylation sites (N-methyl/N-ethyl adjacent to an activating group) is 1. The molecule has 0 saturated heterocycles. The zero-order chi connectivity index (χ0) is 21.0. The predicted octanol–water partition coefficient (Wildman–Crippen LogP) is 1.96.